The Morgan fingerprint density at radius 2 is 1.95 bits per heavy atom. The third-order valence-electron chi connectivity index (χ3n) is 6.66. The van der Waals surface area contributed by atoms with Gasteiger partial charge in [-0.2, -0.15) is 5.10 Å². The van der Waals surface area contributed by atoms with E-state index in [1.807, 2.05) is 43.4 Å². The van der Waals surface area contributed by atoms with Crippen LogP contribution in [0, 0.1) is 0 Å². The molecule has 0 spiro atoms. The minimum absolute atomic E-state index is 0.0843. The number of hydrogen-bond acceptors (Lipinski definition) is 7. The second kappa shape index (κ2) is 9.62. The van der Waals surface area contributed by atoms with Crippen molar-refractivity contribution in [3.05, 3.63) is 48.9 Å². The summed E-state index contributed by atoms with van der Waals surface area (Å²) < 4.78 is 0. The fraction of sp³-hybridized carbons (Fsp3) is 0.296. The van der Waals surface area contributed by atoms with Crippen LogP contribution in [0.25, 0.3) is 44.7 Å². The maximum Gasteiger partial charge on any atom is 0.238 e. The molecule has 1 saturated heterocycles. The average molecular weight is 496 g/mol. The first kappa shape index (κ1) is 23.1. The van der Waals surface area contributed by atoms with Crippen LogP contribution in [0.1, 0.15) is 19.3 Å². The molecule has 1 fully saturated rings. The fourth-order valence-electron chi connectivity index (χ4n) is 4.93. The second-order valence-electron chi connectivity index (χ2n) is 9.74. The number of anilines is 2. The molecule has 10 nitrogen and oxygen atoms in total. The number of benzene rings is 1. The van der Waals surface area contributed by atoms with Crippen LogP contribution in [-0.4, -0.2) is 74.7 Å². The Balaban J connectivity index is 1.35. The van der Waals surface area contributed by atoms with E-state index in [4.69, 9.17) is 4.98 Å². The van der Waals surface area contributed by atoms with Crippen molar-refractivity contribution >= 4 is 39.3 Å². The van der Waals surface area contributed by atoms with Gasteiger partial charge in [0.15, 0.2) is 11.5 Å². The average Bonchev–Trinajstić information content (AvgIpc) is 3.52. The molecule has 37 heavy (non-hydrogen) atoms. The quantitative estimate of drug-likeness (QED) is 0.325. The molecule has 0 aliphatic carbocycles. The zero-order valence-electron chi connectivity index (χ0n) is 21.0. The Morgan fingerprint density at radius 3 is 2.78 bits per heavy atom. The van der Waals surface area contributed by atoms with Gasteiger partial charge in [-0.3, -0.25) is 14.9 Å². The van der Waals surface area contributed by atoms with Crippen LogP contribution in [0.4, 0.5) is 11.4 Å². The number of nitrogens with zero attached hydrogens (tertiary/aromatic N) is 6. The van der Waals surface area contributed by atoms with E-state index >= 15 is 0 Å². The smallest absolute Gasteiger partial charge is 0.238 e. The van der Waals surface area contributed by atoms with Gasteiger partial charge in [-0.1, -0.05) is 6.07 Å². The number of pyridine rings is 2. The standard InChI is InChI=1S/C27H29N9O/c1-35(2)16-23(37)30-19-12-18(14-28-15-19)17-6-7-21-20(13-17)24(34-33-21)27-31-25-22(8-9-29-26(25)32-27)36-10-4-3-5-11-36/h6-9,12-15H,3-5,10-11,16H2,1-2H3,(H,30,37)(H,33,34)(H,29,31,32). The van der Waals surface area contributed by atoms with Crippen molar-refractivity contribution in [2.45, 2.75) is 19.3 Å². The number of H-pyrrole nitrogens is 2. The number of rotatable bonds is 6. The molecule has 4 aromatic heterocycles. The lowest BCUT2D eigenvalue weighted by molar-refractivity contribution is -0.116. The van der Waals surface area contributed by atoms with Gasteiger partial charge in [-0.25, -0.2) is 9.97 Å². The number of nitrogens with one attached hydrogen (secondary N) is 3. The Bertz CT molecular complexity index is 1580. The van der Waals surface area contributed by atoms with E-state index < -0.39 is 0 Å². The van der Waals surface area contributed by atoms with Gasteiger partial charge < -0.3 is 20.1 Å². The monoisotopic (exact) mass is 495 g/mol. The Morgan fingerprint density at radius 1 is 1.08 bits per heavy atom. The number of piperidine rings is 1. The number of aromatic amines is 2. The van der Waals surface area contributed by atoms with Crippen LogP contribution >= 0.6 is 0 Å². The summed E-state index contributed by atoms with van der Waals surface area (Å²) in [7, 11) is 3.72. The number of carbonyl (C=O) groups excluding carboxylic acids is 1. The van der Waals surface area contributed by atoms with E-state index in [-0.39, 0.29) is 5.91 Å². The molecule has 0 saturated carbocycles. The van der Waals surface area contributed by atoms with E-state index in [9.17, 15) is 4.79 Å². The molecule has 0 radical (unpaired) electrons. The molecule has 0 bridgehead atoms. The van der Waals surface area contributed by atoms with Gasteiger partial charge in [0.2, 0.25) is 5.91 Å². The molecule has 5 aromatic rings. The molecule has 1 aliphatic heterocycles. The first-order valence-corrected chi connectivity index (χ1v) is 12.5. The minimum atomic E-state index is -0.0843. The number of carbonyl (C=O) groups is 1. The maximum atomic E-state index is 12.2. The number of imidazole rings is 1. The van der Waals surface area contributed by atoms with Crippen LogP contribution in [-0.2, 0) is 4.79 Å². The van der Waals surface area contributed by atoms with Crippen LogP contribution in [0.5, 0.6) is 0 Å². The van der Waals surface area contributed by atoms with Crippen molar-refractivity contribution in [1.82, 2.24) is 35.0 Å². The highest BCUT2D eigenvalue weighted by Gasteiger charge is 2.19. The highest BCUT2D eigenvalue weighted by molar-refractivity contribution is 5.97. The molecule has 0 atom stereocenters. The van der Waals surface area contributed by atoms with Gasteiger partial charge in [-0.05, 0) is 63.2 Å². The lowest BCUT2D eigenvalue weighted by Gasteiger charge is -2.28. The maximum absolute atomic E-state index is 12.2. The minimum Gasteiger partial charge on any atom is -0.370 e. The molecular weight excluding hydrogens is 466 g/mol. The topological polar surface area (TPSA) is 119 Å². The van der Waals surface area contributed by atoms with Gasteiger partial charge in [0.05, 0.1) is 29.6 Å². The first-order valence-electron chi connectivity index (χ1n) is 12.5. The van der Waals surface area contributed by atoms with E-state index in [0.29, 0.717) is 18.1 Å². The summed E-state index contributed by atoms with van der Waals surface area (Å²) in [5.41, 5.74) is 6.92. The van der Waals surface area contributed by atoms with E-state index in [1.165, 1.54) is 19.3 Å². The van der Waals surface area contributed by atoms with Crippen molar-refractivity contribution in [2.24, 2.45) is 0 Å². The van der Waals surface area contributed by atoms with Crippen molar-refractivity contribution < 1.29 is 4.79 Å². The summed E-state index contributed by atoms with van der Waals surface area (Å²) in [6, 6.07) is 10.1. The molecule has 3 N–H and O–H groups in total. The number of aromatic nitrogens is 6. The van der Waals surface area contributed by atoms with Crippen molar-refractivity contribution in [3.8, 4) is 22.6 Å². The van der Waals surface area contributed by atoms with Gasteiger partial charge in [-0.15, -0.1) is 0 Å². The molecule has 6 rings (SSSR count). The Labute approximate surface area is 214 Å². The van der Waals surface area contributed by atoms with E-state index in [2.05, 4.69) is 47.5 Å². The zero-order valence-corrected chi connectivity index (χ0v) is 21.0. The highest BCUT2D eigenvalue weighted by Crippen LogP contribution is 2.33. The summed E-state index contributed by atoms with van der Waals surface area (Å²) in [6.07, 6.45) is 8.95. The van der Waals surface area contributed by atoms with Gasteiger partial charge in [0.25, 0.3) is 0 Å². The summed E-state index contributed by atoms with van der Waals surface area (Å²) >= 11 is 0. The first-order chi connectivity index (χ1) is 18.0. The molecule has 188 valence electrons. The van der Waals surface area contributed by atoms with Gasteiger partial charge in [0, 0.05) is 36.4 Å². The third kappa shape index (κ3) is 4.63. The number of likely N-dealkylation sites (N-methyl/N-ethyl adjacent to an activating group) is 1. The molecule has 1 aromatic carbocycles. The molecular formula is C27H29N9O. The van der Waals surface area contributed by atoms with E-state index in [1.54, 1.807) is 12.4 Å². The normalized spacial score (nSPS) is 14.1. The van der Waals surface area contributed by atoms with Crippen LogP contribution in [0.2, 0.25) is 0 Å². The number of hydrogen-bond donors (Lipinski definition) is 3. The van der Waals surface area contributed by atoms with Crippen molar-refractivity contribution in [2.75, 3.05) is 43.9 Å². The SMILES string of the molecule is CN(C)CC(=O)Nc1cncc(-c2ccc3[nH]nc(-c4nc5c(N6CCCCC6)ccnc5[nH]4)c3c2)c1. The van der Waals surface area contributed by atoms with Gasteiger partial charge in [0.1, 0.15) is 11.2 Å². The molecule has 1 amide bonds. The molecule has 0 unspecified atom stereocenters. The van der Waals surface area contributed by atoms with Crippen LogP contribution in [0.15, 0.2) is 48.9 Å². The predicted octanol–water partition coefficient (Wildman–Crippen LogP) is 4.05. The third-order valence-corrected chi connectivity index (χ3v) is 6.66. The van der Waals surface area contributed by atoms with Crippen LogP contribution in [0.3, 0.4) is 0 Å². The highest BCUT2D eigenvalue weighted by atomic mass is 16.2. The summed E-state index contributed by atoms with van der Waals surface area (Å²) in [4.78, 5) is 33.6. The lowest BCUT2D eigenvalue weighted by Crippen LogP contribution is -2.29. The lowest BCUT2D eigenvalue weighted by atomic mass is 10.0. The van der Waals surface area contributed by atoms with Gasteiger partial charge >= 0.3 is 0 Å². The number of fused-ring (bicyclic) bond motifs is 2. The summed E-state index contributed by atoms with van der Waals surface area (Å²) in [5.74, 6) is 0.595. The predicted molar refractivity (Wildman–Crippen MR) is 145 cm³/mol. The Kier molecular flexibility index (Phi) is 6.01. The second-order valence-corrected chi connectivity index (χ2v) is 9.74. The van der Waals surface area contributed by atoms with Crippen molar-refractivity contribution in [1.29, 1.82) is 0 Å². The van der Waals surface area contributed by atoms with E-state index in [0.717, 1.165) is 57.7 Å². The molecule has 10 heteroatoms. The Hall–Kier alpha value is -4.31. The fourth-order valence-corrected chi connectivity index (χ4v) is 4.93. The summed E-state index contributed by atoms with van der Waals surface area (Å²) in [5, 5.41) is 11.6. The molecule has 1 aliphatic rings. The van der Waals surface area contributed by atoms with Crippen LogP contribution < -0.4 is 10.2 Å². The van der Waals surface area contributed by atoms with Crippen molar-refractivity contribution in [3.63, 3.8) is 0 Å². The summed E-state index contributed by atoms with van der Waals surface area (Å²) in [6.45, 7) is 2.39. The molecule has 5 heterocycles. The zero-order chi connectivity index (χ0) is 25.4. The number of amides is 1. The largest absolute Gasteiger partial charge is 0.370 e.